The number of esters is 2. The van der Waals surface area contributed by atoms with Crippen LogP contribution >= 0.6 is 0 Å². The minimum Gasteiger partial charge on any atom is -0.461 e. The Bertz CT molecular complexity index is 526. The SMILES string of the molecule is CCC(C(=O)OC1CC2CCC1C2)(C(=O)OC1CC2CCC1C2)C(C)C. The second-order valence-corrected chi connectivity index (χ2v) is 9.72. The molecule has 0 amide bonds. The number of ether oxygens (including phenoxy) is 2. The summed E-state index contributed by atoms with van der Waals surface area (Å²) in [5.41, 5.74) is -1.15. The van der Waals surface area contributed by atoms with Crippen molar-refractivity contribution in [2.24, 2.45) is 35.0 Å². The third-order valence-corrected chi connectivity index (χ3v) is 8.14. The van der Waals surface area contributed by atoms with Gasteiger partial charge >= 0.3 is 11.9 Å². The third kappa shape index (κ3) is 2.88. The van der Waals surface area contributed by atoms with E-state index in [4.69, 9.17) is 9.47 Å². The molecule has 4 heteroatoms. The number of hydrogen-bond donors (Lipinski definition) is 0. The Morgan fingerprint density at radius 1 is 0.846 bits per heavy atom. The quantitative estimate of drug-likeness (QED) is 0.515. The first-order valence-electron chi connectivity index (χ1n) is 10.9. The molecule has 4 nitrogen and oxygen atoms in total. The Kier molecular flexibility index (Phi) is 4.81. The van der Waals surface area contributed by atoms with Crippen LogP contribution in [0.15, 0.2) is 0 Å². The van der Waals surface area contributed by atoms with E-state index in [2.05, 4.69) is 0 Å². The van der Waals surface area contributed by atoms with Gasteiger partial charge in [0.25, 0.3) is 0 Å². The first kappa shape index (κ1) is 18.3. The molecule has 4 fully saturated rings. The minimum absolute atomic E-state index is 0.0150. The van der Waals surface area contributed by atoms with Crippen molar-refractivity contribution in [1.29, 1.82) is 0 Å². The summed E-state index contributed by atoms with van der Waals surface area (Å²) < 4.78 is 11.9. The zero-order valence-corrected chi connectivity index (χ0v) is 16.5. The van der Waals surface area contributed by atoms with Gasteiger partial charge in [-0.3, -0.25) is 9.59 Å². The van der Waals surface area contributed by atoms with Crippen LogP contribution in [-0.4, -0.2) is 24.1 Å². The average molecular weight is 363 g/mol. The number of carbonyl (C=O) groups excluding carboxylic acids is 2. The van der Waals surface area contributed by atoms with E-state index in [1.807, 2.05) is 20.8 Å². The van der Waals surface area contributed by atoms with E-state index in [-0.39, 0.29) is 30.1 Å². The summed E-state index contributed by atoms with van der Waals surface area (Å²) in [4.78, 5) is 26.4. The van der Waals surface area contributed by atoms with Gasteiger partial charge in [-0.1, -0.05) is 20.8 Å². The lowest BCUT2D eigenvalue weighted by atomic mass is 9.74. The number of carbonyl (C=O) groups is 2. The molecule has 4 aliphatic carbocycles. The molecule has 4 aliphatic rings. The molecule has 146 valence electrons. The highest BCUT2D eigenvalue weighted by Gasteiger charge is 2.54. The van der Waals surface area contributed by atoms with Gasteiger partial charge in [0.15, 0.2) is 5.41 Å². The topological polar surface area (TPSA) is 52.6 Å². The molecular formula is C22H34O4. The second-order valence-electron chi connectivity index (χ2n) is 9.72. The average Bonchev–Trinajstić information content (AvgIpc) is 3.37. The Balaban J connectivity index is 1.47. The molecule has 0 spiro atoms. The Labute approximate surface area is 157 Å². The Hall–Kier alpha value is -1.06. The molecule has 4 saturated carbocycles. The van der Waals surface area contributed by atoms with Gasteiger partial charge in [0, 0.05) is 0 Å². The van der Waals surface area contributed by atoms with Gasteiger partial charge in [-0.05, 0) is 87.4 Å². The Morgan fingerprint density at radius 3 is 1.58 bits per heavy atom. The third-order valence-electron chi connectivity index (χ3n) is 8.14. The van der Waals surface area contributed by atoms with Gasteiger partial charge in [0.2, 0.25) is 0 Å². The van der Waals surface area contributed by atoms with E-state index in [1.54, 1.807) is 0 Å². The van der Waals surface area contributed by atoms with Crippen LogP contribution in [0, 0.1) is 35.0 Å². The van der Waals surface area contributed by atoms with Gasteiger partial charge in [-0.2, -0.15) is 0 Å². The van der Waals surface area contributed by atoms with Crippen LogP contribution in [0.5, 0.6) is 0 Å². The minimum atomic E-state index is -1.15. The van der Waals surface area contributed by atoms with E-state index in [0.29, 0.717) is 30.1 Å². The molecular weight excluding hydrogens is 328 g/mol. The van der Waals surface area contributed by atoms with Gasteiger partial charge in [0.1, 0.15) is 12.2 Å². The van der Waals surface area contributed by atoms with Crippen LogP contribution in [0.1, 0.15) is 78.6 Å². The van der Waals surface area contributed by atoms with Crippen molar-refractivity contribution in [2.45, 2.75) is 90.8 Å². The summed E-state index contributed by atoms with van der Waals surface area (Å²) >= 11 is 0. The summed E-state index contributed by atoms with van der Waals surface area (Å²) in [6.07, 6.45) is 9.70. The number of fused-ring (bicyclic) bond motifs is 4. The fraction of sp³-hybridized carbons (Fsp3) is 0.909. The van der Waals surface area contributed by atoms with Crippen molar-refractivity contribution in [3.63, 3.8) is 0 Å². The molecule has 4 bridgehead atoms. The largest absolute Gasteiger partial charge is 0.461 e. The molecule has 4 rings (SSSR count). The lowest BCUT2D eigenvalue weighted by Crippen LogP contribution is -2.48. The molecule has 6 atom stereocenters. The van der Waals surface area contributed by atoms with Gasteiger partial charge in [0.05, 0.1) is 0 Å². The summed E-state index contributed by atoms with van der Waals surface area (Å²) in [5.74, 6) is 1.66. The van der Waals surface area contributed by atoms with Gasteiger partial charge in [-0.15, -0.1) is 0 Å². The summed E-state index contributed by atoms with van der Waals surface area (Å²) in [6.45, 7) is 5.82. The van der Waals surface area contributed by atoms with Crippen molar-refractivity contribution in [3.8, 4) is 0 Å². The fourth-order valence-corrected chi connectivity index (χ4v) is 6.40. The monoisotopic (exact) mass is 362 g/mol. The molecule has 0 aromatic carbocycles. The molecule has 0 heterocycles. The highest BCUT2D eigenvalue weighted by atomic mass is 16.6. The standard InChI is InChI=1S/C22H34O4/c1-4-22(13(2)3,20(23)25-18-11-14-5-7-16(18)9-14)21(24)26-19-12-15-6-8-17(19)10-15/h13-19H,4-12H2,1-3H3. The summed E-state index contributed by atoms with van der Waals surface area (Å²) in [6, 6.07) is 0. The highest BCUT2D eigenvalue weighted by Crippen LogP contribution is 2.49. The first-order valence-corrected chi connectivity index (χ1v) is 10.9. The maximum Gasteiger partial charge on any atom is 0.324 e. The lowest BCUT2D eigenvalue weighted by molar-refractivity contribution is -0.186. The Morgan fingerprint density at radius 2 is 1.31 bits per heavy atom. The van der Waals surface area contributed by atoms with E-state index in [0.717, 1.165) is 12.8 Å². The molecule has 0 radical (unpaired) electrons. The van der Waals surface area contributed by atoms with Gasteiger partial charge < -0.3 is 9.47 Å². The number of rotatable bonds is 6. The fourth-order valence-electron chi connectivity index (χ4n) is 6.40. The number of hydrogen-bond acceptors (Lipinski definition) is 4. The molecule has 0 aromatic heterocycles. The lowest BCUT2D eigenvalue weighted by Gasteiger charge is -2.36. The van der Waals surface area contributed by atoms with Crippen LogP contribution in [0.2, 0.25) is 0 Å². The van der Waals surface area contributed by atoms with Crippen LogP contribution < -0.4 is 0 Å². The van der Waals surface area contributed by atoms with E-state index in [9.17, 15) is 9.59 Å². The zero-order chi connectivity index (χ0) is 18.5. The first-order chi connectivity index (χ1) is 12.4. The van der Waals surface area contributed by atoms with Crippen LogP contribution in [0.4, 0.5) is 0 Å². The maximum absolute atomic E-state index is 13.2. The second kappa shape index (κ2) is 6.83. The van der Waals surface area contributed by atoms with E-state index >= 15 is 0 Å². The smallest absolute Gasteiger partial charge is 0.324 e. The highest BCUT2D eigenvalue weighted by molar-refractivity contribution is 6.00. The normalized spacial score (nSPS) is 40.0. The van der Waals surface area contributed by atoms with Crippen LogP contribution in [0.3, 0.4) is 0 Å². The molecule has 0 saturated heterocycles. The van der Waals surface area contributed by atoms with E-state index < -0.39 is 5.41 Å². The summed E-state index contributed by atoms with van der Waals surface area (Å²) in [7, 11) is 0. The molecule has 26 heavy (non-hydrogen) atoms. The molecule has 0 aromatic rings. The predicted octanol–water partition coefficient (Wildman–Crippen LogP) is 4.50. The van der Waals surface area contributed by atoms with E-state index in [1.165, 1.54) is 38.5 Å². The van der Waals surface area contributed by atoms with Crippen molar-refractivity contribution in [2.75, 3.05) is 0 Å². The maximum atomic E-state index is 13.2. The molecule has 0 aliphatic heterocycles. The van der Waals surface area contributed by atoms with Crippen LogP contribution in [-0.2, 0) is 19.1 Å². The van der Waals surface area contributed by atoms with Gasteiger partial charge in [-0.25, -0.2) is 0 Å². The zero-order valence-electron chi connectivity index (χ0n) is 16.5. The predicted molar refractivity (Wildman–Crippen MR) is 98.2 cm³/mol. The van der Waals surface area contributed by atoms with Crippen LogP contribution in [0.25, 0.3) is 0 Å². The van der Waals surface area contributed by atoms with Crippen molar-refractivity contribution in [3.05, 3.63) is 0 Å². The van der Waals surface area contributed by atoms with Crippen molar-refractivity contribution in [1.82, 2.24) is 0 Å². The molecule has 0 N–H and O–H groups in total. The summed E-state index contributed by atoms with van der Waals surface area (Å²) in [5, 5.41) is 0. The van der Waals surface area contributed by atoms with Crippen molar-refractivity contribution < 1.29 is 19.1 Å². The molecule has 6 unspecified atom stereocenters. The van der Waals surface area contributed by atoms with Crippen molar-refractivity contribution >= 4 is 11.9 Å².